The second-order valence-corrected chi connectivity index (χ2v) is 5.54. The number of halogens is 2. The summed E-state index contributed by atoms with van der Waals surface area (Å²) in [7, 11) is 0. The van der Waals surface area contributed by atoms with Gasteiger partial charge in [-0.1, -0.05) is 18.2 Å². The highest BCUT2D eigenvalue weighted by Gasteiger charge is 2.16. The van der Waals surface area contributed by atoms with Gasteiger partial charge in [0.25, 0.3) is 0 Å². The van der Waals surface area contributed by atoms with Gasteiger partial charge in [0.05, 0.1) is 17.3 Å². The minimum Gasteiger partial charge on any atom is -0.216 e. The second-order valence-electron chi connectivity index (χ2n) is 5.54. The number of benzene rings is 1. The molecule has 0 atom stereocenters. The highest BCUT2D eigenvalue weighted by molar-refractivity contribution is 5.89. The summed E-state index contributed by atoms with van der Waals surface area (Å²) in [6.45, 7) is -2.71. The highest BCUT2D eigenvalue weighted by atomic mass is 19.3. The van der Waals surface area contributed by atoms with E-state index in [1.807, 2.05) is 30.3 Å². The SMILES string of the molecule is FC(F)n1ccc(-c2nc3c4cnn(-c5ccccc5)c4ncn3n2)n1. The molecule has 0 radical (unpaired) electrons. The molecule has 0 saturated heterocycles. The zero-order valence-electron chi connectivity index (χ0n) is 13.1. The molecule has 0 aliphatic carbocycles. The van der Waals surface area contributed by atoms with E-state index < -0.39 is 6.55 Å². The molecule has 0 spiro atoms. The van der Waals surface area contributed by atoms with Crippen molar-refractivity contribution in [3.8, 4) is 17.2 Å². The number of nitrogens with zero attached hydrogens (tertiary/aromatic N) is 8. The van der Waals surface area contributed by atoms with Gasteiger partial charge >= 0.3 is 6.55 Å². The van der Waals surface area contributed by atoms with Crippen molar-refractivity contribution in [1.29, 1.82) is 0 Å². The first kappa shape index (κ1) is 14.6. The maximum atomic E-state index is 12.7. The van der Waals surface area contributed by atoms with Crippen molar-refractivity contribution in [2.75, 3.05) is 0 Å². The van der Waals surface area contributed by atoms with Crippen LogP contribution in [0.25, 0.3) is 33.9 Å². The first-order valence-corrected chi connectivity index (χ1v) is 7.69. The van der Waals surface area contributed by atoms with E-state index in [2.05, 4.69) is 25.3 Å². The van der Waals surface area contributed by atoms with Crippen LogP contribution in [0.5, 0.6) is 0 Å². The molecule has 0 aliphatic rings. The summed E-state index contributed by atoms with van der Waals surface area (Å²) >= 11 is 0. The molecule has 0 N–H and O–H groups in total. The molecule has 0 saturated carbocycles. The van der Waals surface area contributed by atoms with Gasteiger partial charge in [0.15, 0.2) is 11.3 Å². The van der Waals surface area contributed by atoms with Gasteiger partial charge in [0.2, 0.25) is 5.82 Å². The fourth-order valence-electron chi connectivity index (χ4n) is 2.75. The molecule has 0 fully saturated rings. The Morgan fingerprint density at radius 3 is 2.58 bits per heavy atom. The molecule has 1 aromatic carbocycles. The lowest BCUT2D eigenvalue weighted by Gasteiger charge is -2.01. The third kappa shape index (κ3) is 2.15. The summed E-state index contributed by atoms with van der Waals surface area (Å²) < 4.78 is 29.2. The Morgan fingerprint density at radius 1 is 0.962 bits per heavy atom. The van der Waals surface area contributed by atoms with Crippen LogP contribution in [0, 0.1) is 0 Å². The van der Waals surface area contributed by atoms with Gasteiger partial charge in [-0.3, -0.25) is 0 Å². The predicted octanol–water partition coefficient (Wildman–Crippen LogP) is 2.72. The first-order chi connectivity index (χ1) is 12.7. The average Bonchev–Trinajstić information content (AvgIpc) is 3.38. The zero-order valence-corrected chi connectivity index (χ0v) is 13.1. The molecular weight excluding hydrogens is 342 g/mol. The lowest BCUT2D eigenvalue weighted by Crippen LogP contribution is -1.98. The van der Waals surface area contributed by atoms with E-state index in [0.29, 0.717) is 21.4 Å². The van der Waals surface area contributed by atoms with Gasteiger partial charge in [-0.15, -0.1) is 5.10 Å². The Balaban J connectivity index is 1.67. The van der Waals surface area contributed by atoms with Crippen LogP contribution in [0.3, 0.4) is 0 Å². The molecule has 26 heavy (non-hydrogen) atoms. The smallest absolute Gasteiger partial charge is 0.216 e. The van der Waals surface area contributed by atoms with Crippen LogP contribution in [0.2, 0.25) is 0 Å². The number of hydrogen-bond donors (Lipinski definition) is 0. The summed E-state index contributed by atoms with van der Waals surface area (Å²) in [6.07, 6.45) is 4.35. The van der Waals surface area contributed by atoms with Gasteiger partial charge in [-0.2, -0.15) is 19.0 Å². The highest BCUT2D eigenvalue weighted by Crippen LogP contribution is 2.22. The molecule has 8 nitrogen and oxygen atoms in total. The minimum absolute atomic E-state index is 0.242. The van der Waals surface area contributed by atoms with Crippen LogP contribution in [-0.2, 0) is 0 Å². The third-order valence-corrected chi connectivity index (χ3v) is 3.94. The Kier molecular flexibility index (Phi) is 3.05. The average molecular weight is 352 g/mol. The van der Waals surface area contributed by atoms with Gasteiger partial charge < -0.3 is 0 Å². The quantitative estimate of drug-likeness (QED) is 0.499. The molecule has 0 aliphatic heterocycles. The van der Waals surface area contributed by atoms with Gasteiger partial charge in [0, 0.05) is 6.20 Å². The fraction of sp³-hybridized carbons (Fsp3) is 0.0625. The Bertz CT molecular complexity index is 1220. The predicted molar refractivity (Wildman–Crippen MR) is 87.9 cm³/mol. The van der Waals surface area contributed by atoms with Crippen molar-refractivity contribution in [3.05, 3.63) is 55.1 Å². The molecule has 5 rings (SSSR count). The number of aromatic nitrogens is 8. The number of para-hydroxylation sites is 1. The number of rotatable bonds is 3. The maximum absolute atomic E-state index is 12.7. The van der Waals surface area contributed by atoms with E-state index in [0.717, 1.165) is 5.69 Å². The van der Waals surface area contributed by atoms with E-state index in [1.165, 1.54) is 23.1 Å². The van der Waals surface area contributed by atoms with Crippen molar-refractivity contribution >= 4 is 16.7 Å². The normalized spacial score (nSPS) is 11.8. The maximum Gasteiger partial charge on any atom is 0.333 e. The van der Waals surface area contributed by atoms with Crippen molar-refractivity contribution in [2.24, 2.45) is 0 Å². The standard InChI is InChI=1S/C16H10F2N8/c17-16(18)24-7-6-12(22-24)13-21-15-11-8-20-26(10-4-2-1-3-5-10)14(11)19-9-25(15)23-13/h1-9,16H. The number of alkyl halides is 2. The summed E-state index contributed by atoms with van der Waals surface area (Å²) in [5.41, 5.74) is 2.28. The van der Waals surface area contributed by atoms with E-state index in [4.69, 9.17) is 0 Å². The Hall–Kier alpha value is -3.69. The minimum atomic E-state index is -2.71. The molecular formula is C16H10F2N8. The van der Waals surface area contributed by atoms with Crippen LogP contribution in [0.1, 0.15) is 6.55 Å². The van der Waals surface area contributed by atoms with E-state index >= 15 is 0 Å². The van der Waals surface area contributed by atoms with Gasteiger partial charge in [-0.25, -0.2) is 23.8 Å². The third-order valence-electron chi connectivity index (χ3n) is 3.94. The monoisotopic (exact) mass is 352 g/mol. The largest absolute Gasteiger partial charge is 0.333 e. The van der Waals surface area contributed by atoms with Crippen LogP contribution >= 0.6 is 0 Å². The number of fused-ring (bicyclic) bond motifs is 3. The van der Waals surface area contributed by atoms with Crippen LogP contribution in [0.15, 0.2) is 55.1 Å². The summed E-state index contributed by atoms with van der Waals surface area (Å²) in [5, 5.41) is 13.1. The lowest BCUT2D eigenvalue weighted by molar-refractivity contribution is 0.0568. The van der Waals surface area contributed by atoms with E-state index in [1.54, 1.807) is 10.9 Å². The van der Waals surface area contributed by atoms with Crippen molar-refractivity contribution in [2.45, 2.75) is 6.55 Å². The second kappa shape index (κ2) is 5.41. The fourth-order valence-corrected chi connectivity index (χ4v) is 2.75. The Labute approximate surface area is 144 Å². The van der Waals surface area contributed by atoms with Crippen molar-refractivity contribution in [1.82, 2.24) is 39.1 Å². The zero-order chi connectivity index (χ0) is 17.7. The van der Waals surface area contributed by atoms with Crippen LogP contribution in [-0.4, -0.2) is 39.1 Å². The summed E-state index contributed by atoms with van der Waals surface area (Å²) in [6, 6.07) is 11.0. The molecule has 0 amide bonds. The molecule has 4 aromatic heterocycles. The van der Waals surface area contributed by atoms with Gasteiger partial charge in [0.1, 0.15) is 12.0 Å². The van der Waals surface area contributed by atoms with Crippen LogP contribution < -0.4 is 0 Å². The molecule has 5 aromatic rings. The molecule has 0 bridgehead atoms. The first-order valence-electron chi connectivity index (χ1n) is 7.69. The summed E-state index contributed by atoms with van der Waals surface area (Å²) in [4.78, 5) is 8.83. The molecule has 4 heterocycles. The van der Waals surface area contributed by atoms with E-state index in [9.17, 15) is 8.78 Å². The van der Waals surface area contributed by atoms with Crippen LogP contribution in [0.4, 0.5) is 8.78 Å². The van der Waals surface area contributed by atoms with Crippen molar-refractivity contribution in [3.63, 3.8) is 0 Å². The molecule has 0 unspecified atom stereocenters. The molecule has 10 heteroatoms. The topological polar surface area (TPSA) is 78.7 Å². The van der Waals surface area contributed by atoms with Crippen molar-refractivity contribution < 1.29 is 8.78 Å². The molecule has 128 valence electrons. The summed E-state index contributed by atoms with van der Waals surface area (Å²) in [5.74, 6) is 0.242. The Morgan fingerprint density at radius 2 is 1.81 bits per heavy atom. The number of hydrogen-bond acceptors (Lipinski definition) is 5. The lowest BCUT2D eigenvalue weighted by atomic mass is 10.3. The van der Waals surface area contributed by atoms with Gasteiger partial charge in [-0.05, 0) is 18.2 Å². The van der Waals surface area contributed by atoms with E-state index in [-0.39, 0.29) is 11.5 Å².